The van der Waals surface area contributed by atoms with Crippen molar-refractivity contribution in [3.63, 3.8) is 0 Å². The third-order valence-corrected chi connectivity index (χ3v) is 6.70. The quantitative estimate of drug-likeness (QED) is 0.0422. The molecule has 1 aliphatic rings. The second kappa shape index (κ2) is 16.0. The molecule has 10 N–H and O–H groups in total. The summed E-state index contributed by atoms with van der Waals surface area (Å²) >= 11 is 0. The van der Waals surface area contributed by atoms with Gasteiger partial charge in [-0.1, -0.05) is 20.3 Å². The third kappa shape index (κ3) is 9.67. The Kier molecular flexibility index (Phi) is 13.9. The Labute approximate surface area is 224 Å². The molecule has 1 aliphatic heterocycles. The number of amides is 3. The number of ketones is 1. The number of carbonyl (C=O) groups is 5. The fraction of sp³-hybridized carbons (Fsp3) is 0.760. The lowest BCUT2D eigenvalue weighted by atomic mass is 9.92. The van der Waals surface area contributed by atoms with Crippen molar-refractivity contribution in [3.8, 4) is 0 Å². The molecule has 13 nitrogen and oxygen atoms in total. The SMILES string of the molecule is CC(=O)[C@@]1(C=O)CCCN1C(=O)[C@H](CCCN=C(N)N)NC(=O)[C@H](CC(C)C)NC(=O)[C@@H](N)CCCCN. The third-order valence-electron chi connectivity index (χ3n) is 6.70. The zero-order valence-electron chi connectivity index (χ0n) is 22.9. The lowest BCUT2D eigenvalue weighted by molar-refractivity contribution is -0.148. The van der Waals surface area contributed by atoms with Crippen LogP contribution >= 0.6 is 0 Å². The van der Waals surface area contributed by atoms with E-state index in [4.69, 9.17) is 22.9 Å². The van der Waals surface area contributed by atoms with Crippen LogP contribution in [-0.4, -0.2) is 83.9 Å². The van der Waals surface area contributed by atoms with Crippen molar-refractivity contribution >= 4 is 35.8 Å². The molecule has 0 bridgehead atoms. The van der Waals surface area contributed by atoms with Gasteiger partial charge in [-0.25, -0.2) is 0 Å². The maximum atomic E-state index is 13.6. The average molecular weight is 539 g/mol. The molecule has 1 saturated heterocycles. The summed E-state index contributed by atoms with van der Waals surface area (Å²) in [6.07, 6.45) is 3.88. The van der Waals surface area contributed by atoms with Crippen LogP contribution in [0.2, 0.25) is 0 Å². The van der Waals surface area contributed by atoms with Crippen LogP contribution in [0.15, 0.2) is 4.99 Å². The van der Waals surface area contributed by atoms with E-state index in [0.29, 0.717) is 44.9 Å². The first-order valence-corrected chi connectivity index (χ1v) is 13.3. The van der Waals surface area contributed by atoms with Crippen molar-refractivity contribution in [1.29, 1.82) is 0 Å². The maximum Gasteiger partial charge on any atom is 0.246 e. The van der Waals surface area contributed by atoms with Gasteiger partial charge in [0.25, 0.3) is 0 Å². The Balaban J connectivity index is 3.12. The molecule has 0 spiro atoms. The molecule has 1 fully saturated rings. The number of nitrogens with zero attached hydrogens (tertiary/aromatic N) is 2. The lowest BCUT2D eigenvalue weighted by Gasteiger charge is -2.35. The van der Waals surface area contributed by atoms with Gasteiger partial charge in [-0.2, -0.15) is 0 Å². The van der Waals surface area contributed by atoms with Crippen molar-refractivity contribution in [3.05, 3.63) is 0 Å². The Morgan fingerprint density at radius 3 is 2.24 bits per heavy atom. The molecule has 1 rings (SSSR count). The van der Waals surface area contributed by atoms with Gasteiger partial charge in [-0.05, 0) is 64.3 Å². The van der Waals surface area contributed by atoms with Crippen molar-refractivity contribution < 1.29 is 24.0 Å². The summed E-state index contributed by atoms with van der Waals surface area (Å²) in [6, 6.07) is -2.79. The highest BCUT2D eigenvalue weighted by Crippen LogP contribution is 2.29. The molecule has 38 heavy (non-hydrogen) atoms. The van der Waals surface area contributed by atoms with E-state index in [9.17, 15) is 24.0 Å². The second-order valence-electron chi connectivity index (χ2n) is 10.3. The predicted molar refractivity (Wildman–Crippen MR) is 145 cm³/mol. The Morgan fingerprint density at radius 1 is 1.03 bits per heavy atom. The van der Waals surface area contributed by atoms with Crippen molar-refractivity contribution in [2.75, 3.05) is 19.6 Å². The van der Waals surface area contributed by atoms with Gasteiger partial charge in [0.15, 0.2) is 23.6 Å². The van der Waals surface area contributed by atoms with Crippen LogP contribution < -0.4 is 33.6 Å². The highest BCUT2D eigenvalue weighted by Gasteiger charge is 2.49. The molecule has 0 aromatic heterocycles. The second-order valence-corrected chi connectivity index (χ2v) is 10.3. The van der Waals surface area contributed by atoms with E-state index in [2.05, 4.69) is 15.6 Å². The van der Waals surface area contributed by atoms with Gasteiger partial charge in [0, 0.05) is 13.1 Å². The van der Waals surface area contributed by atoms with Crippen LogP contribution in [0.25, 0.3) is 0 Å². The van der Waals surface area contributed by atoms with Crippen molar-refractivity contribution in [2.24, 2.45) is 33.8 Å². The minimum absolute atomic E-state index is 0.0505. The highest BCUT2D eigenvalue weighted by atomic mass is 16.2. The van der Waals surface area contributed by atoms with Crippen molar-refractivity contribution in [1.82, 2.24) is 15.5 Å². The Morgan fingerprint density at radius 2 is 1.68 bits per heavy atom. The van der Waals surface area contributed by atoms with Crippen LogP contribution in [0.3, 0.4) is 0 Å². The normalized spacial score (nSPS) is 19.4. The monoisotopic (exact) mass is 538 g/mol. The van der Waals surface area contributed by atoms with Gasteiger partial charge in [0.05, 0.1) is 6.04 Å². The van der Waals surface area contributed by atoms with E-state index < -0.39 is 47.2 Å². The number of Topliss-reactive ketones (excluding diaryl/α,β-unsaturated/α-hetero) is 1. The van der Waals surface area contributed by atoms with Gasteiger partial charge in [0.2, 0.25) is 17.7 Å². The molecule has 0 saturated carbocycles. The van der Waals surface area contributed by atoms with Gasteiger partial charge in [-0.3, -0.25) is 24.2 Å². The summed E-state index contributed by atoms with van der Waals surface area (Å²) in [5.74, 6) is -2.05. The lowest BCUT2D eigenvalue weighted by Crippen LogP contribution is -2.60. The summed E-state index contributed by atoms with van der Waals surface area (Å²) in [4.78, 5) is 69.2. The molecule has 0 aliphatic carbocycles. The fourth-order valence-electron chi connectivity index (χ4n) is 4.56. The van der Waals surface area contributed by atoms with E-state index in [1.54, 1.807) is 0 Å². The van der Waals surface area contributed by atoms with Crippen LogP contribution in [0, 0.1) is 5.92 Å². The van der Waals surface area contributed by atoms with Crippen LogP contribution in [0.4, 0.5) is 0 Å². The van der Waals surface area contributed by atoms with Gasteiger partial charge >= 0.3 is 0 Å². The summed E-state index contributed by atoms with van der Waals surface area (Å²) < 4.78 is 0. The average Bonchev–Trinajstić information content (AvgIpc) is 3.30. The summed E-state index contributed by atoms with van der Waals surface area (Å²) in [5.41, 5.74) is 20.7. The number of aliphatic imine (C=N–C) groups is 1. The number of carbonyl (C=O) groups excluding carboxylic acids is 5. The number of nitrogens with one attached hydrogen (secondary N) is 2. The molecule has 4 atom stereocenters. The Hall–Kier alpha value is -3.06. The number of hydrogen-bond donors (Lipinski definition) is 6. The summed E-state index contributed by atoms with van der Waals surface area (Å²) in [7, 11) is 0. The standard InChI is InChI=1S/C25H46N8O5/c1-16(2)14-20(32-21(36)18(27)8-4-5-11-26)22(37)31-19(9-6-12-30-24(28)29)23(38)33-13-7-10-25(33,15-34)17(3)35/h15-16,18-20H,4-14,26-27H2,1-3H3,(H,31,37)(H,32,36)(H4,28,29,30)/t18-,19-,20-,25-/m0/s1. The molecule has 13 heteroatoms. The van der Waals surface area contributed by atoms with E-state index >= 15 is 0 Å². The van der Waals surface area contributed by atoms with Gasteiger partial charge in [-0.15, -0.1) is 0 Å². The maximum absolute atomic E-state index is 13.6. The van der Waals surface area contributed by atoms with Crippen LogP contribution in [0.5, 0.6) is 0 Å². The van der Waals surface area contributed by atoms with E-state index in [-0.39, 0.29) is 37.8 Å². The number of nitrogens with two attached hydrogens (primary N) is 4. The molecular formula is C25H46N8O5. The minimum Gasteiger partial charge on any atom is -0.370 e. The first-order chi connectivity index (χ1) is 17.9. The number of guanidine groups is 1. The fourth-order valence-corrected chi connectivity index (χ4v) is 4.56. The predicted octanol–water partition coefficient (Wildman–Crippen LogP) is -1.34. The smallest absolute Gasteiger partial charge is 0.246 e. The molecule has 216 valence electrons. The topological polar surface area (TPSA) is 229 Å². The first kappa shape index (κ1) is 33.0. The summed E-state index contributed by atoms with van der Waals surface area (Å²) in [5, 5.41) is 5.46. The molecule has 1 heterocycles. The number of hydrogen-bond acceptors (Lipinski definition) is 8. The van der Waals surface area contributed by atoms with Crippen LogP contribution in [0.1, 0.15) is 72.1 Å². The van der Waals surface area contributed by atoms with E-state index in [0.717, 1.165) is 6.42 Å². The molecule has 0 aromatic rings. The zero-order valence-corrected chi connectivity index (χ0v) is 22.9. The number of likely N-dealkylation sites (tertiary alicyclic amines) is 1. The largest absolute Gasteiger partial charge is 0.370 e. The Bertz CT molecular complexity index is 861. The molecule has 0 unspecified atom stereocenters. The summed E-state index contributed by atoms with van der Waals surface area (Å²) in [6.45, 7) is 6.01. The molecule has 0 aromatic carbocycles. The van der Waals surface area contributed by atoms with Gasteiger partial charge in [0.1, 0.15) is 12.1 Å². The minimum atomic E-state index is -1.55. The first-order valence-electron chi connectivity index (χ1n) is 13.3. The van der Waals surface area contributed by atoms with Crippen molar-refractivity contribution in [2.45, 2.75) is 95.8 Å². The number of unbranched alkanes of at least 4 members (excludes halogenated alkanes) is 1. The van der Waals surface area contributed by atoms with E-state index in [1.165, 1.54) is 11.8 Å². The molecule has 0 radical (unpaired) electrons. The number of rotatable bonds is 17. The highest BCUT2D eigenvalue weighted by molar-refractivity contribution is 6.06. The number of aldehydes is 1. The van der Waals surface area contributed by atoms with Gasteiger partial charge < -0.3 is 43.3 Å². The van der Waals surface area contributed by atoms with Crippen LogP contribution in [-0.2, 0) is 24.0 Å². The molecular weight excluding hydrogens is 492 g/mol. The zero-order chi connectivity index (χ0) is 28.9. The van der Waals surface area contributed by atoms with E-state index in [1.807, 2.05) is 13.8 Å². The molecule has 3 amide bonds.